The number of ether oxygens (including phenoxy) is 1. The van der Waals surface area contributed by atoms with Crippen molar-refractivity contribution in [1.82, 2.24) is 9.55 Å². The third-order valence-corrected chi connectivity index (χ3v) is 3.60. The molecule has 1 saturated heterocycles. The van der Waals surface area contributed by atoms with Crippen molar-refractivity contribution >= 4 is 28.6 Å². The van der Waals surface area contributed by atoms with Gasteiger partial charge in [0.25, 0.3) is 0 Å². The van der Waals surface area contributed by atoms with Crippen LogP contribution in [0.15, 0.2) is 12.1 Å². The highest BCUT2D eigenvalue weighted by molar-refractivity contribution is 6.31. The maximum Gasteiger partial charge on any atom is 0.201 e. The van der Waals surface area contributed by atoms with Gasteiger partial charge in [0.15, 0.2) is 0 Å². The van der Waals surface area contributed by atoms with Gasteiger partial charge in [0.1, 0.15) is 5.82 Å². The van der Waals surface area contributed by atoms with E-state index in [-0.39, 0.29) is 11.1 Å². The van der Waals surface area contributed by atoms with E-state index >= 15 is 0 Å². The maximum absolute atomic E-state index is 13.6. The van der Waals surface area contributed by atoms with Gasteiger partial charge < -0.3 is 15.0 Å². The summed E-state index contributed by atoms with van der Waals surface area (Å²) in [6.07, 6.45) is 1.72. The number of aromatic nitrogens is 2. The fourth-order valence-corrected chi connectivity index (χ4v) is 2.59. The molecule has 2 aromatic rings. The van der Waals surface area contributed by atoms with E-state index in [4.69, 9.17) is 22.1 Å². The molecule has 1 aliphatic rings. The molecular weight excluding hydrogens is 257 g/mol. The lowest BCUT2D eigenvalue weighted by molar-refractivity contribution is 0.0711. The van der Waals surface area contributed by atoms with E-state index in [1.54, 1.807) is 0 Å². The van der Waals surface area contributed by atoms with E-state index < -0.39 is 5.82 Å². The second kappa shape index (κ2) is 4.40. The average molecular weight is 270 g/mol. The van der Waals surface area contributed by atoms with Gasteiger partial charge >= 0.3 is 0 Å². The zero-order valence-electron chi connectivity index (χ0n) is 9.70. The van der Waals surface area contributed by atoms with Crippen molar-refractivity contribution in [1.29, 1.82) is 0 Å². The molecule has 0 aliphatic carbocycles. The van der Waals surface area contributed by atoms with Gasteiger partial charge in [-0.3, -0.25) is 0 Å². The third-order valence-electron chi connectivity index (χ3n) is 3.31. The molecule has 0 amide bonds. The normalized spacial score (nSPS) is 17.4. The van der Waals surface area contributed by atoms with Crippen LogP contribution >= 0.6 is 11.6 Å². The molecule has 0 spiro atoms. The van der Waals surface area contributed by atoms with E-state index in [1.165, 1.54) is 12.1 Å². The van der Waals surface area contributed by atoms with Gasteiger partial charge in [-0.1, -0.05) is 11.6 Å². The lowest BCUT2D eigenvalue weighted by Gasteiger charge is -2.24. The molecular formula is C12H13ClFN3O. The Balaban J connectivity index is 2.15. The molecule has 1 aromatic heterocycles. The van der Waals surface area contributed by atoms with Gasteiger partial charge in [-0.15, -0.1) is 0 Å². The minimum atomic E-state index is -0.447. The molecule has 0 bridgehead atoms. The van der Waals surface area contributed by atoms with Crippen LogP contribution in [-0.4, -0.2) is 22.8 Å². The second-order valence-electron chi connectivity index (χ2n) is 4.44. The summed E-state index contributed by atoms with van der Waals surface area (Å²) in [7, 11) is 0. The highest BCUT2D eigenvalue weighted by Crippen LogP contribution is 2.31. The Morgan fingerprint density at radius 3 is 2.83 bits per heavy atom. The van der Waals surface area contributed by atoms with Gasteiger partial charge in [0.05, 0.1) is 16.1 Å². The van der Waals surface area contributed by atoms with Crippen LogP contribution in [0.5, 0.6) is 0 Å². The van der Waals surface area contributed by atoms with Gasteiger partial charge in [-0.25, -0.2) is 9.37 Å². The van der Waals surface area contributed by atoms with Gasteiger partial charge in [-0.05, 0) is 18.9 Å². The van der Waals surface area contributed by atoms with Crippen LogP contribution in [-0.2, 0) is 4.74 Å². The number of hydrogen-bond donors (Lipinski definition) is 1. The number of imidazole rings is 1. The number of fused-ring (bicyclic) bond motifs is 1. The first-order valence-electron chi connectivity index (χ1n) is 5.87. The minimum absolute atomic E-state index is 0.0686. The number of halogens is 2. The van der Waals surface area contributed by atoms with E-state index in [2.05, 4.69) is 4.98 Å². The number of hydrogen-bond acceptors (Lipinski definition) is 3. The summed E-state index contributed by atoms with van der Waals surface area (Å²) < 4.78 is 20.8. The predicted molar refractivity (Wildman–Crippen MR) is 68.2 cm³/mol. The number of benzene rings is 1. The molecule has 1 aliphatic heterocycles. The summed E-state index contributed by atoms with van der Waals surface area (Å²) in [5, 5.41) is 0.0686. The van der Waals surface area contributed by atoms with Crippen LogP contribution in [0.3, 0.4) is 0 Å². The lowest BCUT2D eigenvalue weighted by atomic mass is 10.1. The smallest absolute Gasteiger partial charge is 0.201 e. The number of nitrogens with zero attached hydrogens (tertiary/aromatic N) is 2. The van der Waals surface area contributed by atoms with Crippen LogP contribution in [0, 0.1) is 5.82 Å². The number of nitrogen functional groups attached to an aromatic ring is 1. The highest BCUT2D eigenvalue weighted by Gasteiger charge is 2.21. The minimum Gasteiger partial charge on any atom is -0.381 e. The maximum atomic E-state index is 13.6. The van der Waals surface area contributed by atoms with Crippen LogP contribution in [0.1, 0.15) is 18.9 Å². The van der Waals surface area contributed by atoms with Crippen molar-refractivity contribution < 1.29 is 9.13 Å². The molecule has 0 unspecified atom stereocenters. The molecule has 0 radical (unpaired) electrons. The van der Waals surface area contributed by atoms with E-state index in [1.807, 2.05) is 4.57 Å². The fourth-order valence-electron chi connectivity index (χ4n) is 2.44. The summed E-state index contributed by atoms with van der Waals surface area (Å²) in [6.45, 7) is 1.39. The van der Waals surface area contributed by atoms with Crippen molar-refractivity contribution in [2.45, 2.75) is 18.9 Å². The number of anilines is 1. The monoisotopic (exact) mass is 269 g/mol. The van der Waals surface area contributed by atoms with Crippen LogP contribution < -0.4 is 5.73 Å². The Bertz CT molecular complexity index is 593. The first-order chi connectivity index (χ1) is 8.66. The predicted octanol–water partition coefficient (Wildman–Crippen LogP) is 2.76. The summed E-state index contributed by atoms with van der Waals surface area (Å²) in [5.74, 6) is -0.0454. The standard InChI is InChI=1S/C12H13ClFN3O/c13-8-5-10-11(6-9(8)14)17(12(15)16-10)7-1-3-18-4-2-7/h5-7H,1-4H2,(H2,15,16). The van der Waals surface area contributed by atoms with Crippen molar-refractivity contribution in [2.75, 3.05) is 18.9 Å². The fraction of sp³-hybridized carbons (Fsp3) is 0.417. The van der Waals surface area contributed by atoms with Crippen LogP contribution in [0.25, 0.3) is 11.0 Å². The van der Waals surface area contributed by atoms with E-state index in [0.717, 1.165) is 12.8 Å². The van der Waals surface area contributed by atoms with Crippen molar-refractivity contribution in [3.8, 4) is 0 Å². The SMILES string of the molecule is Nc1nc2cc(Cl)c(F)cc2n1C1CCOCC1. The molecule has 0 atom stereocenters. The van der Waals surface area contributed by atoms with Crippen LogP contribution in [0.4, 0.5) is 10.3 Å². The largest absolute Gasteiger partial charge is 0.381 e. The molecule has 2 N–H and O–H groups in total. The zero-order valence-corrected chi connectivity index (χ0v) is 10.5. The zero-order chi connectivity index (χ0) is 12.7. The first-order valence-corrected chi connectivity index (χ1v) is 6.25. The summed E-state index contributed by atoms with van der Waals surface area (Å²) in [6, 6.07) is 3.12. The van der Waals surface area contributed by atoms with Crippen molar-refractivity contribution in [3.63, 3.8) is 0 Å². The Hall–Kier alpha value is -1.33. The molecule has 18 heavy (non-hydrogen) atoms. The van der Waals surface area contributed by atoms with E-state index in [9.17, 15) is 4.39 Å². The molecule has 1 aromatic carbocycles. The van der Waals surface area contributed by atoms with Gasteiger partial charge in [-0.2, -0.15) is 0 Å². The van der Waals surface area contributed by atoms with E-state index in [0.29, 0.717) is 30.2 Å². The number of nitrogens with two attached hydrogens (primary N) is 1. The molecule has 2 heterocycles. The first kappa shape index (κ1) is 11.7. The average Bonchev–Trinajstić information content (AvgIpc) is 2.66. The molecule has 0 saturated carbocycles. The Morgan fingerprint density at radius 1 is 1.39 bits per heavy atom. The highest BCUT2D eigenvalue weighted by atomic mass is 35.5. The Labute approximate surface area is 108 Å². The number of rotatable bonds is 1. The molecule has 4 nitrogen and oxygen atoms in total. The second-order valence-corrected chi connectivity index (χ2v) is 4.85. The van der Waals surface area contributed by atoms with Gasteiger partial charge in [0, 0.05) is 25.3 Å². The van der Waals surface area contributed by atoms with Crippen LogP contribution in [0.2, 0.25) is 5.02 Å². The third kappa shape index (κ3) is 1.83. The quantitative estimate of drug-likeness (QED) is 0.866. The summed E-state index contributed by atoms with van der Waals surface area (Å²) in [4.78, 5) is 4.24. The topological polar surface area (TPSA) is 53.1 Å². The Kier molecular flexibility index (Phi) is 2.87. The lowest BCUT2D eigenvalue weighted by Crippen LogP contribution is -2.20. The van der Waals surface area contributed by atoms with Gasteiger partial charge in [0.2, 0.25) is 5.95 Å². The molecule has 96 valence electrons. The molecule has 3 rings (SSSR count). The van der Waals surface area contributed by atoms with Crippen molar-refractivity contribution in [2.24, 2.45) is 0 Å². The summed E-state index contributed by atoms with van der Waals surface area (Å²) in [5.41, 5.74) is 7.26. The molecule has 6 heteroatoms. The molecule has 1 fully saturated rings. The Morgan fingerprint density at radius 2 is 2.11 bits per heavy atom. The summed E-state index contributed by atoms with van der Waals surface area (Å²) >= 11 is 5.75. The van der Waals surface area contributed by atoms with Crippen molar-refractivity contribution in [3.05, 3.63) is 23.0 Å².